The minimum atomic E-state index is -7.75. The van der Waals surface area contributed by atoms with Crippen molar-refractivity contribution in [3.05, 3.63) is 29.8 Å². The lowest BCUT2D eigenvalue weighted by molar-refractivity contribution is -0.414. The summed E-state index contributed by atoms with van der Waals surface area (Å²) in [6, 6.07) is 4.72. The Morgan fingerprint density at radius 2 is 1.34 bits per heavy atom. The smallest absolute Gasteiger partial charge is 0.384 e. The Balaban J connectivity index is 3.03. The first-order chi connectivity index (χ1) is 18.3. The van der Waals surface area contributed by atoms with Crippen molar-refractivity contribution in [2.24, 2.45) is 11.3 Å². The summed E-state index contributed by atoms with van der Waals surface area (Å²) in [5.74, 6) is -41.4. The largest absolute Gasteiger partial charge is 0.478 e. The molecule has 0 heterocycles. The minimum absolute atomic E-state index is 0.0242. The predicted molar refractivity (Wildman–Crippen MR) is 116 cm³/mol. The Bertz CT molecular complexity index is 1110. The molecule has 6 nitrogen and oxygen atoms in total. The standard InChI is InChI=1S/C23H23F12NO5/c1-4-11(14(37)36-13-7-5-12(6-8-13)15(38)39)9-18(2,3)17(40)41-10-19(26,27)21(30,31)23(34,35)22(32,33)20(28,29)16(24)25/h5-8,11,16H,4,9-10H2,1-3H3,(H,36,37)(H,38,39). The first-order valence-corrected chi connectivity index (χ1v) is 11.3. The third kappa shape index (κ3) is 6.99. The Labute approximate surface area is 224 Å². The van der Waals surface area contributed by atoms with Gasteiger partial charge < -0.3 is 15.2 Å². The fraction of sp³-hybridized carbons (Fsp3) is 0.609. The zero-order valence-corrected chi connectivity index (χ0v) is 21.2. The van der Waals surface area contributed by atoms with Crippen LogP contribution in [0.5, 0.6) is 0 Å². The van der Waals surface area contributed by atoms with Crippen LogP contribution in [0.1, 0.15) is 44.0 Å². The highest BCUT2D eigenvalue weighted by Gasteiger charge is 2.88. The number of carbonyl (C=O) groups is 3. The van der Waals surface area contributed by atoms with Crippen LogP contribution in [0, 0.1) is 11.3 Å². The third-order valence-corrected chi connectivity index (χ3v) is 5.90. The summed E-state index contributed by atoms with van der Waals surface area (Å²) in [5.41, 5.74) is -2.01. The molecule has 1 aromatic rings. The lowest BCUT2D eigenvalue weighted by atomic mass is 9.81. The monoisotopic (exact) mass is 621 g/mol. The molecule has 0 saturated heterocycles. The summed E-state index contributed by atoms with van der Waals surface area (Å²) in [5, 5.41) is 11.3. The first-order valence-electron chi connectivity index (χ1n) is 11.3. The van der Waals surface area contributed by atoms with Crippen LogP contribution < -0.4 is 5.32 Å². The van der Waals surface area contributed by atoms with Crippen molar-refractivity contribution in [1.82, 2.24) is 0 Å². The van der Waals surface area contributed by atoms with Gasteiger partial charge in [-0.1, -0.05) is 6.92 Å². The second-order valence-electron chi connectivity index (χ2n) is 9.49. The zero-order chi connectivity index (χ0) is 32.4. The van der Waals surface area contributed by atoms with Crippen molar-refractivity contribution in [2.45, 2.75) is 69.7 Å². The van der Waals surface area contributed by atoms with Crippen LogP contribution in [-0.2, 0) is 14.3 Å². The summed E-state index contributed by atoms with van der Waals surface area (Å²) >= 11 is 0. The van der Waals surface area contributed by atoms with Crippen LogP contribution in [0.2, 0.25) is 0 Å². The fourth-order valence-electron chi connectivity index (χ4n) is 3.28. The summed E-state index contributed by atoms with van der Waals surface area (Å²) in [6.45, 7) is 0.294. The van der Waals surface area contributed by atoms with Gasteiger partial charge in [0.15, 0.2) is 6.61 Å². The maximum atomic E-state index is 14.0. The number of carboxylic acids is 1. The molecule has 18 heteroatoms. The fourth-order valence-corrected chi connectivity index (χ4v) is 3.28. The molecule has 0 aliphatic carbocycles. The van der Waals surface area contributed by atoms with Gasteiger partial charge in [-0.25, -0.2) is 13.6 Å². The molecule has 0 spiro atoms. The Morgan fingerprint density at radius 3 is 1.76 bits per heavy atom. The number of hydrogen-bond donors (Lipinski definition) is 2. The summed E-state index contributed by atoms with van der Waals surface area (Å²) in [6.07, 6.45) is -6.21. The summed E-state index contributed by atoms with van der Waals surface area (Å²) in [7, 11) is 0. The van der Waals surface area contributed by atoms with E-state index in [0.717, 1.165) is 26.0 Å². The zero-order valence-electron chi connectivity index (χ0n) is 21.2. The number of aromatic carboxylic acids is 1. The number of hydrogen-bond acceptors (Lipinski definition) is 4. The normalized spacial score (nSPS) is 14.5. The molecule has 41 heavy (non-hydrogen) atoms. The quantitative estimate of drug-likeness (QED) is 0.177. The summed E-state index contributed by atoms with van der Waals surface area (Å²) in [4.78, 5) is 35.8. The van der Waals surface area contributed by atoms with E-state index in [2.05, 4.69) is 10.1 Å². The van der Waals surface area contributed by atoms with E-state index in [1.54, 1.807) is 0 Å². The van der Waals surface area contributed by atoms with Gasteiger partial charge >= 0.3 is 48.0 Å². The highest BCUT2D eigenvalue weighted by molar-refractivity contribution is 5.94. The predicted octanol–water partition coefficient (Wildman–Crippen LogP) is 6.75. The van der Waals surface area contributed by atoms with Crippen molar-refractivity contribution in [2.75, 3.05) is 11.9 Å². The van der Waals surface area contributed by atoms with Crippen molar-refractivity contribution in [1.29, 1.82) is 0 Å². The molecule has 1 amide bonds. The molecule has 234 valence electrons. The van der Waals surface area contributed by atoms with Gasteiger partial charge in [0.05, 0.1) is 11.0 Å². The van der Waals surface area contributed by atoms with Crippen molar-refractivity contribution in [3.8, 4) is 0 Å². The lowest BCUT2D eigenvalue weighted by Gasteiger charge is -2.39. The van der Waals surface area contributed by atoms with Gasteiger partial charge in [0.25, 0.3) is 0 Å². The van der Waals surface area contributed by atoms with Crippen LogP contribution in [0.3, 0.4) is 0 Å². The molecule has 1 aromatic carbocycles. The molecule has 1 unspecified atom stereocenters. The molecule has 2 N–H and O–H groups in total. The second kappa shape index (κ2) is 12.0. The highest BCUT2D eigenvalue weighted by atomic mass is 19.4. The number of benzene rings is 1. The van der Waals surface area contributed by atoms with Gasteiger partial charge in [0.1, 0.15) is 0 Å². The van der Waals surface area contributed by atoms with Gasteiger partial charge in [-0.2, -0.15) is 43.9 Å². The Hall–Kier alpha value is -3.21. The molecule has 1 atom stereocenters. The molecule has 0 saturated carbocycles. The van der Waals surface area contributed by atoms with Gasteiger partial charge in [-0.3, -0.25) is 9.59 Å². The number of amides is 1. The molecule has 0 bridgehead atoms. The number of nitrogens with one attached hydrogen (secondary N) is 1. The molecular weight excluding hydrogens is 598 g/mol. The van der Waals surface area contributed by atoms with E-state index < -0.39 is 78.2 Å². The van der Waals surface area contributed by atoms with Gasteiger partial charge in [-0.15, -0.1) is 0 Å². The van der Waals surface area contributed by atoms with E-state index in [1.807, 2.05) is 0 Å². The van der Waals surface area contributed by atoms with Gasteiger partial charge in [0.2, 0.25) is 5.91 Å². The van der Waals surface area contributed by atoms with Crippen LogP contribution in [0.15, 0.2) is 24.3 Å². The average Bonchev–Trinajstić information content (AvgIpc) is 2.85. The third-order valence-electron chi connectivity index (χ3n) is 5.90. The number of esters is 1. The van der Waals surface area contributed by atoms with E-state index in [9.17, 15) is 67.1 Å². The van der Waals surface area contributed by atoms with E-state index >= 15 is 0 Å². The number of alkyl halides is 12. The molecule has 0 radical (unpaired) electrons. The molecule has 0 aromatic heterocycles. The molecule has 0 fully saturated rings. The first kappa shape index (κ1) is 35.8. The van der Waals surface area contributed by atoms with Crippen molar-refractivity contribution >= 4 is 23.5 Å². The van der Waals surface area contributed by atoms with E-state index in [4.69, 9.17) is 5.11 Å². The van der Waals surface area contributed by atoms with Gasteiger partial charge in [0, 0.05) is 11.6 Å². The lowest BCUT2D eigenvalue weighted by Crippen LogP contribution is -2.69. The molecule has 0 aliphatic heterocycles. The second-order valence-corrected chi connectivity index (χ2v) is 9.49. The van der Waals surface area contributed by atoms with Gasteiger partial charge in [-0.05, 0) is 51.0 Å². The van der Waals surface area contributed by atoms with E-state index in [-0.39, 0.29) is 17.7 Å². The maximum absolute atomic E-state index is 14.0. The Kier molecular flexibility index (Phi) is 10.4. The number of halogens is 12. The number of rotatable bonds is 14. The molecule has 0 aliphatic rings. The topological polar surface area (TPSA) is 92.7 Å². The highest BCUT2D eigenvalue weighted by Crippen LogP contribution is 2.58. The number of carboxylic acid groups (broad SMARTS) is 1. The van der Waals surface area contributed by atoms with E-state index in [1.165, 1.54) is 19.1 Å². The maximum Gasteiger partial charge on any atom is 0.384 e. The minimum Gasteiger partial charge on any atom is -0.478 e. The van der Waals surface area contributed by atoms with E-state index in [0.29, 0.717) is 0 Å². The molecular formula is C23H23F12NO5. The molecule has 1 rings (SSSR count). The van der Waals surface area contributed by atoms with Crippen molar-refractivity contribution < 1.29 is 76.9 Å². The number of carbonyl (C=O) groups excluding carboxylic acids is 2. The average molecular weight is 621 g/mol. The SMILES string of the molecule is CCC(CC(C)(C)C(=O)OCC(F)(F)C(F)(F)C(F)(F)C(F)(F)C(F)(F)C(F)F)C(=O)Nc1ccc(C(=O)O)cc1. The Morgan fingerprint density at radius 1 is 0.854 bits per heavy atom. The summed E-state index contributed by atoms with van der Waals surface area (Å²) < 4.78 is 164. The van der Waals surface area contributed by atoms with Crippen LogP contribution in [-0.4, -0.2) is 65.6 Å². The van der Waals surface area contributed by atoms with Crippen LogP contribution >= 0.6 is 0 Å². The van der Waals surface area contributed by atoms with Crippen molar-refractivity contribution in [3.63, 3.8) is 0 Å². The van der Waals surface area contributed by atoms with Crippen LogP contribution in [0.4, 0.5) is 58.4 Å². The number of anilines is 1. The van der Waals surface area contributed by atoms with Crippen LogP contribution in [0.25, 0.3) is 0 Å². The number of ether oxygens (including phenoxy) is 1.